The summed E-state index contributed by atoms with van der Waals surface area (Å²) in [7, 11) is 1.69. The third-order valence-corrected chi connectivity index (χ3v) is 5.88. The van der Waals surface area contributed by atoms with E-state index in [4.69, 9.17) is 4.74 Å². The minimum Gasteiger partial charge on any atom is -0.385 e. The van der Waals surface area contributed by atoms with Gasteiger partial charge in [0.05, 0.1) is 5.56 Å². The second kappa shape index (κ2) is 11.2. The molecule has 0 aliphatic carbocycles. The Morgan fingerprint density at radius 2 is 1.31 bits per heavy atom. The molecule has 0 bridgehead atoms. The zero-order chi connectivity index (χ0) is 24.8. The Bertz CT molecular complexity index is 1380. The Hall–Kier alpha value is -3.62. The van der Waals surface area contributed by atoms with Crippen molar-refractivity contribution in [1.82, 2.24) is 0 Å². The molecule has 0 atom stereocenters. The maximum atomic E-state index is 14.6. The molecule has 4 rings (SSSR count). The van der Waals surface area contributed by atoms with E-state index in [1.807, 2.05) is 12.1 Å². The predicted octanol–water partition coefficient (Wildman–Crippen LogP) is 7.16. The first-order valence-corrected chi connectivity index (χ1v) is 11.4. The highest BCUT2D eigenvalue weighted by molar-refractivity contribution is 5.84. The molecule has 0 fully saturated rings. The Kier molecular flexibility index (Phi) is 7.84. The molecule has 1 nitrogen and oxygen atoms in total. The molecule has 4 aromatic rings. The lowest BCUT2D eigenvalue weighted by Crippen LogP contribution is -1.98. The maximum Gasteiger partial charge on any atom is 0.166 e. The zero-order valence-electron chi connectivity index (χ0n) is 19.3. The molecule has 0 aliphatic rings. The van der Waals surface area contributed by atoms with Crippen molar-refractivity contribution in [2.45, 2.75) is 25.7 Å². The molecule has 0 aliphatic heterocycles. The molecule has 4 aromatic carbocycles. The van der Waals surface area contributed by atoms with E-state index >= 15 is 0 Å². The molecule has 0 aromatic heterocycles. The van der Waals surface area contributed by atoms with Crippen LogP contribution in [0.1, 0.15) is 34.2 Å². The topological polar surface area (TPSA) is 9.23 Å². The number of methoxy groups -OCH3 is 1. The van der Waals surface area contributed by atoms with Gasteiger partial charge in [-0.05, 0) is 78.1 Å². The van der Waals surface area contributed by atoms with E-state index in [2.05, 4.69) is 24.0 Å². The molecule has 35 heavy (non-hydrogen) atoms. The van der Waals surface area contributed by atoms with Crippen LogP contribution in [0.5, 0.6) is 0 Å². The average Bonchev–Trinajstić information content (AvgIpc) is 2.85. The fourth-order valence-corrected chi connectivity index (χ4v) is 3.95. The lowest BCUT2D eigenvalue weighted by atomic mass is 10.0. The highest BCUT2D eigenvalue weighted by atomic mass is 19.2. The van der Waals surface area contributed by atoms with Crippen LogP contribution in [0.3, 0.4) is 0 Å². The molecule has 0 heterocycles. The monoisotopic (exact) mass is 476 g/mol. The number of fused-ring (bicyclic) bond motifs is 1. The molecule has 0 spiro atoms. The standard InChI is InChI=1S/C30H24F4O/c1-35-16-2-3-20-4-6-21(7-5-20)8-9-23-18-28(32)26(29(33)19-23)14-11-22-10-13-25-24(17-22)12-15-27(31)30(25)34/h4-7,10,12-13,15,17-19H,2-3,8-9,16H2,1H3. The average molecular weight is 477 g/mol. The number of ether oxygens (including phenoxy) is 1. The van der Waals surface area contributed by atoms with Gasteiger partial charge >= 0.3 is 0 Å². The highest BCUT2D eigenvalue weighted by Crippen LogP contribution is 2.22. The van der Waals surface area contributed by atoms with Gasteiger partial charge in [0.15, 0.2) is 11.6 Å². The van der Waals surface area contributed by atoms with Crippen LogP contribution in [0.2, 0.25) is 0 Å². The molecule has 0 unspecified atom stereocenters. The van der Waals surface area contributed by atoms with Crippen molar-refractivity contribution in [2.24, 2.45) is 0 Å². The number of rotatable bonds is 7. The van der Waals surface area contributed by atoms with E-state index in [0.29, 0.717) is 29.4 Å². The van der Waals surface area contributed by atoms with Gasteiger partial charge in [0.2, 0.25) is 0 Å². The first-order valence-electron chi connectivity index (χ1n) is 11.4. The van der Waals surface area contributed by atoms with Crippen LogP contribution in [0.4, 0.5) is 17.6 Å². The first kappa shape index (κ1) is 24.5. The first-order chi connectivity index (χ1) is 16.9. The molecule has 0 radical (unpaired) electrons. The van der Waals surface area contributed by atoms with Crippen molar-refractivity contribution in [3.05, 3.63) is 118 Å². The lowest BCUT2D eigenvalue weighted by Gasteiger charge is -2.07. The fraction of sp³-hybridized carbons (Fsp3) is 0.200. The maximum absolute atomic E-state index is 14.6. The number of hydrogen-bond donors (Lipinski definition) is 0. The second-order valence-corrected chi connectivity index (χ2v) is 8.39. The van der Waals surface area contributed by atoms with E-state index in [1.165, 1.54) is 35.9 Å². The van der Waals surface area contributed by atoms with Crippen LogP contribution >= 0.6 is 0 Å². The summed E-state index contributed by atoms with van der Waals surface area (Å²) in [6, 6.07) is 17.8. The van der Waals surface area contributed by atoms with Gasteiger partial charge in [-0.2, -0.15) is 0 Å². The van der Waals surface area contributed by atoms with E-state index in [9.17, 15) is 17.6 Å². The molecule has 5 heteroatoms. The van der Waals surface area contributed by atoms with Crippen molar-refractivity contribution < 1.29 is 22.3 Å². The van der Waals surface area contributed by atoms with E-state index < -0.39 is 23.3 Å². The van der Waals surface area contributed by atoms with Gasteiger partial charge < -0.3 is 4.74 Å². The van der Waals surface area contributed by atoms with Gasteiger partial charge in [0.1, 0.15) is 11.6 Å². The largest absolute Gasteiger partial charge is 0.385 e. The summed E-state index contributed by atoms with van der Waals surface area (Å²) in [5, 5.41) is 0.577. The minimum atomic E-state index is -0.937. The summed E-state index contributed by atoms with van der Waals surface area (Å²) in [5.74, 6) is 1.93. The minimum absolute atomic E-state index is 0.123. The van der Waals surface area contributed by atoms with Gasteiger partial charge in [-0.1, -0.05) is 48.2 Å². The second-order valence-electron chi connectivity index (χ2n) is 8.39. The molecule has 0 saturated carbocycles. The summed E-state index contributed by atoms with van der Waals surface area (Å²) in [4.78, 5) is 0. The van der Waals surface area contributed by atoms with Crippen molar-refractivity contribution in [3.63, 3.8) is 0 Å². The van der Waals surface area contributed by atoms with Crippen LogP contribution in [-0.4, -0.2) is 13.7 Å². The van der Waals surface area contributed by atoms with Gasteiger partial charge in [-0.25, -0.2) is 17.6 Å². The third-order valence-electron chi connectivity index (χ3n) is 5.88. The van der Waals surface area contributed by atoms with Gasteiger partial charge in [-0.15, -0.1) is 0 Å². The molecule has 0 amide bonds. The van der Waals surface area contributed by atoms with Crippen LogP contribution in [0.15, 0.2) is 66.7 Å². The van der Waals surface area contributed by atoms with Gasteiger partial charge in [0, 0.05) is 24.7 Å². The normalized spacial score (nSPS) is 10.9. The van der Waals surface area contributed by atoms with E-state index in [1.54, 1.807) is 13.2 Å². The van der Waals surface area contributed by atoms with E-state index in [0.717, 1.165) is 31.1 Å². The molecule has 178 valence electrons. The Morgan fingerprint density at radius 3 is 2.00 bits per heavy atom. The van der Waals surface area contributed by atoms with Crippen LogP contribution in [0, 0.1) is 35.1 Å². The van der Waals surface area contributed by atoms with Crippen molar-refractivity contribution >= 4 is 10.8 Å². The Morgan fingerprint density at radius 1 is 0.657 bits per heavy atom. The Labute approximate surface area is 202 Å². The van der Waals surface area contributed by atoms with Gasteiger partial charge in [-0.3, -0.25) is 0 Å². The van der Waals surface area contributed by atoms with Crippen LogP contribution in [0.25, 0.3) is 10.8 Å². The Balaban J connectivity index is 1.44. The lowest BCUT2D eigenvalue weighted by molar-refractivity contribution is 0.195. The van der Waals surface area contributed by atoms with Crippen molar-refractivity contribution in [1.29, 1.82) is 0 Å². The van der Waals surface area contributed by atoms with Crippen LogP contribution < -0.4 is 0 Å². The smallest absolute Gasteiger partial charge is 0.166 e. The predicted molar refractivity (Wildman–Crippen MR) is 130 cm³/mol. The summed E-state index contributed by atoms with van der Waals surface area (Å²) in [6.45, 7) is 0.725. The quantitative estimate of drug-likeness (QED) is 0.156. The number of benzene rings is 4. The fourth-order valence-electron chi connectivity index (χ4n) is 3.95. The third kappa shape index (κ3) is 6.09. The number of halogens is 4. The SMILES string of the molecule is COCCCc1ccc(CCc2cc(F)c(C#Cc3ccc4c(F)c(F)ccc4c3)c(F)c2)cc1. The van der Waals surface area contributed by atoms with Crippen molar-refractivity contribution in [3.8, 4) is 11.8 Å². The van der Waals surface area contributed by atoms with Gasteiger partial charge in [0.25, 0.3) is 0 Å². The summed E-state index contributed by atoms with van der Waals surface area (Å²) < 4.78 is 61.6. The summed E-state index contributed by atoms with van der Waals surface area (Å²) >= 11 is 0. The zero-order valence-corrected chi connectivity index (χ0v) is 19.3. The van der Waals surface area contributed by atoms with Crippen LogP contribution in [-0.2, 0) is 24.0 Å². The van der Waals surface area contributed by atoms with E-state index in [-0.39, 0.29) is 10.9 Å². The molecular weight excluding hydrogens is 452 g/mol. The summed E-state index contributed by atoms with van der Waals surface area (Å²) in [6.07, 6.45) is 3.07. The summed E-state index contributed by atoms with van der Waals surface area (Å²) in [5.41, 5.74) is 3.00. The number of aryl methyl sites for hydroxylation is 3. The van der Waals surface area contributed by atoms with Crippen molar-refractivity contribution in [2.75, 3.05) is 13.7 Å². The molecule has 0 N–H and O–H groups in total. The molecule has 0 saturated heterocycles. The molecular formula is C30H24F4O. The highest BCUT2D eigenvalue weighted by Gasteiger charge is 2.10. The number of hydrogen-bond acceptors (Lipinski definition) is 1.